The van der Waals surface area contributed by atoms with Crippen molar-refractivity contribution in [3.63, 3.8) is 0 Å². The fraction of sp³-hybridized carbons (Fsp3) is 0.750. The minimum atomic E-state index is 0.0880. The summed E-state index contributed by atoms with van der Waals surface area (Å²) in [6.07, 6.45) is 1.05. The molecule has 1 N–H and O–H groups in total. The fourth-order valence-corrected chi connectivity index (χ4v) is 1.27. The van der Waals surface area contributed by atoms with Crippen molar-refractivity contribution >= 4 is 11.7 Å². The molecule has 1 aliphatic heterocycles. The van der Waals surface area contributed by atoms with Gasteiger partial charge in [-0.1, -0.05) is 0 Å². The van der Waals surface area contributed by atoms with Crippen LogP contribution in [0.1, 0.15) is 12.8 Å². The number of Topliss-reactive ketones (excluding diaryl/α,β-unsaturated/α-hetero) is 1. The molecule has 0 spiro atoms. The third-order valence-corrected chi connectivity index (χ3v) is 2.00. The molecule has 0 saturated carbocycles. The van der Waals surface area contributed by atoms with Crippen LogP contribution in [0.25, 0.3) is 0 Å². The van der Waals surface area contributed by atoms with Crippen molar-refractivity contribution in [3.8, 4) is 0 Å². The van der Waals surface area contributed by atoms with Crippen LogP contribution in [0.2, 0.25) is 0 Å². The summed E-state index contributed by atoms with van der Waals surface area (Å²) in [7, 11) is 1.74. The Labute approximate surface area is 71.9 Å². The summed E-state index contributed by atoms with van der Waals surface area (Å²) >= 11 is 0. The van der Waals surface area contributed by atoms with Gasteiger partial charge in [0.2, 0.25) is 5.91 Å². The first kappa shape index (κ1) is 9.19. The lowest BCUT2D eigenvalue weighted by Crippen LogP contribution is -2.42. The number of carbonyl (C=O) groups is 2. The third-order valence-electron chi connectivity index (χ3n) is 2.00. The number of piperidine rings is 1. The SMILES string of the molecule is CNCC(=O)N1CCC(=O)CC1. The van der Waals surface area contributed by atoms with E-state index in [1.54, 1.807) is 11.9 Å². The maximum Gasteiger partial charge on any atom is 0.236 e. The highest BCUT2D eigenvalue weighted by atomic mass is 16.2. The highest BCUT2D eigenvalue weighted by Crippen LogP contribution is 2.04. The number of hydrogen-bond acceptors (Lipinski definition) is 3. The summed E-state index contributed by atoms with van der Waals surface area (Å²) in [5.41, 5.74) is 0. The standard InChI is InChI=1S/C8H14N2O2/c1-9-6-8(12)10-4-2-7(11)3-5-10/h9H,2-6H2,1H3. The van der Waals surface area contributed by atoms with E-state index < -0.39 is 0 Å². The van der Waals surface area contributed by atoms with Crippen LogP contribution in [0.3, 0.4) is 0 Å². The maximum atomic E-state index is 11.3. The lowest BCUT2D eigenvalue weighted by molar-refractivity contribution is -0.133. The van der Waals surface area contributed by atoms with Crippen LogP contribution in [0.5, 0.6) is 0 Å². The van der Waals surface area contributed by atoms with Gasteiger partial charge in [-0.25, -0.2) is 0 Å². The number of nitrogens with zero attached hydrogens (tertiary/aromatic N) is 1. The van der Waals surface area contributed by atoms with Crippen molar-refractivity contribution in [1.29, 1.82) is 0 Å². The van der Waals surface area contributed by atoms with Gasteiger partial charge in [-0.05, 0) is 7.05 Å². The quantitative estimate of drug-likeness (QED) is 0.602. The van der Waals surface area contributed by atoms with Gasteiger partial charge in [0.15, 0.2) is 0 Å². The summed E-state index contributed by atoms with van der Waals surface area (Å²) in [5, 5.41) is 2.80. The van der Waals surface area contributed by atoms with E-state index in [0.717, 1.165) is 0 Å². The summed E-state index contributed by atoms with van der Waals surface area (Å²) in [6, 6.07) is 0. The highest BCUT2D eigenvalue weighted by molar-refractivity contribution is 5.84. The Bertz CT molecular complexity index is 181. The molecule has 1 saturated heterocycles. The molecule has 1 rings (SSSR count). The molecule has 1 amide bonds. The van der Waals surface area contributed by atoms with E-state index in [1.807, 2.05) is 0 Å². The van der Waals surface area contributed by atoms with Gasteiger partial charge in [-0.15, -0.1) is 0 Å². The smallest absolute Gasteiger partial charge is 0.236 e. The molecule has 0 radical (unpaired) electrons. The molecule has 0 aliphatic carbocycles. The maximum absolute atomic E-state index is 11.3. The topological polar surface area (TPSA) is 49.4 Å². The highest BCUT2D eigenvalue weighted by Gasteiger charge is 2.19. The zero-order valence-corrected chi connectivity index (χ0v) is 7.30. The van der Waals surface area contributed by atoms with E-state index in [1.165, 1.54) is 0 Å². The molecule has 0 bridgehead atoms. The normalized spacial score (nSPS) is 18.1. The van der Waals surface area contributed by atoms with Crippen LogP contribution in [0.15, 0.2) is 0 Å². The number of carbonyl (C=O) groups excluding carboxylic acids is 2. The van der Waals surface area contributed by atoms with Crippen LogP contribution in [0.4, 0.5) is 0 Å². The summed E-state index contributed by atoms with van der Waals surface area (Å²) in [4.78, 5) is 23.8. The predicted octanol–water partition coefficient (Wildman–Crippen LogP) is -0.603. The predicted molar refractivity (Wildman–Crippen MR) is 44.7 cm³/mol. The molecular weight excluding hydrogens is 156 g/mol. The Hall–Kier alpha value is -0.900. The largest absolute Gasteiger partial charge is 0.341 e. The van der Waals surface area contributed by atoms with Gasteiger partial charge in [-0.3, -0.25) is 9.59 Å². The molecule has 1 heterocycles. The average Bonchev–Trinajstić information content (AvgIpc) is 2.06. The zero-order valence-electron chi connectivity index (χ0n) is 7.30. The molecule has 1 aliphatic rings. The van der Waals surface area contributed by atoms with Crippen molar-refractivity contribution < 1.29 is 9.59 Å². The lowest BCUT2D eigenvalue weighted by Gasteiger charge is -2.25. The molecule has 0 aromatic rings. The minimum absolute atomic E-state index is 0.0880. The van der Waals surface area contributed by atoms with E-state index >= 15 is 0 Å². The van der Waals surface area contributed by atoms with Gasteiger partial charge < -0.3 is 10.2 Å². The van der Waals surface area contributed by atoms with E-state index in [2.05, 4.69) is 5.32 Å². The number of nitrogens with one attached hydrogen (secondary N) is 1. The molecule has 0 aromatic heterocycles. The Morgan fingerprint density at radius 1 is 1.50 bits per heavy atom. The average molecular weight is 170 g/mol. The molecular formula is C8H14N2O2. The zero-order chi connectivity index (χ0) is 8.97. The Morgan fingerprint density at radius 2 is 2.08 bits per heavy atom. The molecule has 0 atom stereocenters. The molecule has 68 valence electrons. The van der Waals surface area contributed by atoms with E-state index in [-0.39, 0.29) is 11.7 Å². The second-order valence-electron chi connectivity index (χ2n) is 2.95. The number of likely N-dealkylation sites (N-methyl/N-ethyl adjacent to an activating group) is 1. The van der Waals surface area contributed by atoms with E-state index in [9.17, 15) is 9.59 Å². The van der Waals surface area contributed by atoms with Gasteiger partial charge in [-0.2, -0.15) is 0 Å². The van der Waals surface area contributed by atoms with E-state index in [4.69, 9.17) is 0 Å². The molecule has 1 fully saturated rings. The van der Waals surface area contributed by atoms with Crippen molar-refractivity contribution in [1.82, 2.24) is 10.2 Å². The number of hydrogen-bond donors (Lipinski definition) is 1. The molecule has 4 heteroatoms. The number of amides is 1. The monoisotopic (exact) mass is 170 g/mol. The van der Waals surface area contributed by atoms with Crippen molar-refractivity contribution in [2.45, 2.75) is 12.8 Å². The van der Waals surface area contributed by atoms with Crippen LogP contribution in [0, 0.1) is 0 Å². The number of likely N-dealkylation sites (tertiary alicyclic amines) is 1. The van der Waals surface area contributed by atoms with Crippen molar-refractivity contribution in [2.24, 2.45) is 0 Å². The van der Waals surface area contributed by atoms with Gasteiger partial charge in [0.05, 0.1) is 6.54 Å². The summed E-state index contributed by atoms with van der Waals surface area (Å²) in [5.74, 6) is 0.355. The minimum Gasteiger partial charge on any atom is -0.341 e. The van der Waals surface area contributed by atoms with Crippen molar-refractivity contribution in [3.05, 3.63) is 0 Å². The summed E-state index contributed by atoms with van der Waals surface area (Å²) in [6.45, 7) is 1.56. The van der Waals surface area contributed by atoms with Gasteiger partial charge in [0.25, 0.3) is 0 Å². The van der Waals surface area contributed by atoms with Gasteiger partial charge in [0.1, 0.15) is 5.78 Å². The lowest BCUT2D eigenvalue weighted by atomic mass is 10.1. The second kappa shape index (κ2) is 4.21. The Kier molecular flexibility index (Phi) is 3.22. The van der Waals surface area contributed by atoms with Crippen LogP contribution >= 0.6 is 0 Å². The molecule has 4 nitrogen and oxygen atoms in total. The fourth-order valence-electron chi connectivity index (χ4n) is 1.27. The third kappa shape index (κ3) is 2.30. The Balaban J connectivity index is 2.33. The van der Waals surface area contributed by atoms with Gasteiger partial charge in [0, 0.05) is 25.9 Å². The first-order chi connectivity index (χ1) is 5.74. The molecule has 12 heavy (non-hydrogen) atoms. The number of ketones is 1. The molecule has 0 aromatic carbocycles. The molecule has 0 unspecified atom stereocenters. The van der Waals surface area contributed by atoms with Crippen LogP contribution in [-0.2, 0) is 9.59 Å². The second-order valence-corrected chi connectivity index (χ2v) is 2.95. The first-order valence-electron chi connectivity index (χ1n) is 4.18. The van der Waals surface area contributed by atoms with E-state index in [0.29, 0.717) is 32.5 Å². The van der Waals surface area contributed by atoms with Gasteiger partial charge >= 0.3 is 0 Å². The van der Waals surface area contributed by atoms with Crippen LogP contribution < -0.4 is 5.32 Å². The van der Waals surface area contributed by atoms with Crippen LogP contribution in [-0.4, -0.2) is 43.3 Å². The number of rotatable bonds is 2. The Morgan fingerprint density at radius 3 is 2.58 bits per heavy atom. The van der Waals surface area contributed by atoms with Crippen molar-refractivity contribution in [2.75, 3.05) is 26.7 Å². The first-order valence-corrected chi connectivity index (χ1v) is 4.18. The summed E-state index contributed by atoms with van der Waals surface area (Å²) < 4.78 is 0.